The van der Waals surface area contributed by atoms with Gasteiger partial charge in [-0.3, -0.25) is 0 Å². The molecule has 0 saturated carbocycles. The second-order valence-corrected chi connectivity index (χ2v) is 9.26. The maximum absolute atomic E-state index is 12.9. The van der Waals surface area contributed by atoms with Crippen LogP contribution in [0.4, 0.5) is 22.0 Å². The van der Waals surface area contributed by atoms with Gasteiger partial charge in [-0.2, -0.15) is 0 Å². The predicted octanol–water partition coefficient (Wildman–Crippen LogP) is 8.20. The Morgan fingerprint density at radius 1 is 0.452 bits per heavy atom. The summed E-state index contributed by atoms with van der Waals surface area (Å²) in [6, 6.07) is 39.0. The van der Waals surface area contributed by atoms with Gasteiger partial charge in [-0.1, -0.05) is 109 Å². The molecule has 2 N–H and O–H groups in total. The summed E-state index contributed by atoms with van der Waals surface area (Å²) in [5.74, 6) is -10.7. The van der Waals surface area contributed by atoms with Gasteiger partial charge in [0.2, 0.25) is 5.82 Å². The maximum Gasteiger partial charge on any atom is 0.634 e. The number of hydrogen-bond donors (Lipinski definition) is 2. The van der Waals surface area contributed by atoms with E-state index in [2.05, 4.69) is 114 Å². The van der Waals surface area contributed by atoms with E-state index in [0.29, 0.717) is 0 Å². The number of rotatable bonds is 5. The van der Waals surface area contributed by atoms with Gasteiger partial charge in [-0.15, -0.1) is 0 Å². The average Bonchev–Trinajstić information content (AvgIpc) is 3.02. The lowest BCUT2D eigenvalue weighted by Gasteiger charge is -2.17. The molecular weight excluding hydrogens is 550 g/mol. The van der Waals surface area contributed by atoms with E-state index in [1.54, 1.807) is 0 Å². The van der Waals surface area contributed by atoms with Crippen LogP contribution in [-0.2, 0) is 11.3 Å². The minimum atomic E-state index is -2.38. The highest BCUT2D eigenvalue weighted by Crippen LogP contribution is 2.43. The van der Waals surface area contributed by atoms with Crippen molar-refractivity contribution in [3.05, 3.63) is 144 Å². The molecule has 0 aliphatic carbocycles. The van der Waals surface area contributed by atoms with E-state index < -0.39 is 48.6 Å². The Morgan fingerprint density at radius 3 is 1.10 bits per heavy atom. The fraction of sp³-hybridized carbons (Fsp3) is 0.0303. The van der Waals surface area contributed by atoms with Crippen molar-refractivity contribution < 1.29 is 36.7 Å². The summed E-state index contributed by atoms with van der Waals surface area (Å²) in [5, 5.41) is 21.6. The van der Waals surface area contributed by atoms with Crippen molar-refractivity contribution in [3.8, 4) is 22.3 Å². The van der Waals surface area contributed by atoms with Crippen LogP contribution in [0.2, 0.25) is 0 Å². The molecule has 6 aromatic carbocycles. The van der Waals surface area contributed by atoms with Crippen molar-refractivity contribution in [1.82, 2.24) is 0 Å². The molecule has 0 aromatic heterocycles. The first-order valence-corrected chi connectivity index (χ1v) is 12.8. The van der Waals surface area contributed by atoms with Crippen LogP contribution in [0.5, 0.6) is 0 Å². The van der Waals surface area contributed by atoms with Gasteiger partial charge in [0.15, 0.2) is 23.3 Å². The molecule has 6 aromatic rings. The minimum Gasteiger partial charge on any atom is -0.402 e. The third kappa shape index (κ3) is 5.62. The van der Waals surface area contributed by atoms with Crippen molar-refractivity contribution in [2.45, 2.75) is 6.61 Å². The number of halogens is 5. The summed E-state index contributed by atoms with van der Waals surface area (Å²) in [6.07, 6.45) is 0. The zero-order valence-electron chi connectivity index (χ0n) is 21.9. The quantitative estimate of drug-likeness (QED) is 0.0720. The highest BCUT2D eigenvalue weighted by Gasteiger charge is 2.26. The Labute approximate surface area is 238 Å². The molecule has 0 atom stereocenters. The zero-order chi connectivity index (χ0) is 29.8. The lowest BCUT2D eigenvalue weighted by atomic mass is 9.86. The first-order valence-electron chi connectivity index (χ1n) is 12.8. The van der Waals surface area contributed by atoms with Crippen LogP contribution in [0, 0.1) is 29.1 Å². The zero-order valence-corrected chi connectivity index (χ0v) is 21.9. The van der Waals surface area contributed by atoms with E-state index in [-0.39, 0.29) is 0 Å². The Balaban J connectivity index is 0.000000191. The Bertz CT molecular complexity index is 1680. The van der Waals surface area contributed by atoms with E-state index in [1.807, 2.05) is 0 Å². The fourth-order valence-corrected chi connectivity index (χ4v) is 4.90. The van der Waals surface area contributed by atoms with Crippen LogP contribution < -0.4 is 0 Å². The number of fused-ring (bicyclic) bond motifs is 2. The minimum absolute atomic E-state index is 1.16. The molecule has 0 saturated heterocycles. The highest BCUT2D eigenvalue weighted by atomic mass is 19.2. The largest absolute Gasteiger partial charge is 0.634 e. The summed E-state index contributed by atoms with van der Waals surface area (Å²) in [4.78, 5) is 0. The van der Waals surface area contributed by atoms with Crippen molar-refractivity contribution >= 4 is 28.9 Å². The Morgan fingerprint density at radius 2 is 0.762 bits per heavy atom. The SMILES string of the molecule is OB(O)OCc1c(F)c(F)c(F)c(F)c1F.c1ccc(-c2c3ccccc3c(-c3ccccc3)c3ccccc23)cc1. The van der Waals surface area contributed by atoms with Gasteiger partial charge < -0.3 is 14.7 Å². The van der Waals surface area contributed by atoms with E-state index >= 15 is 0 Å². The molecule has 42 heavy (non-hydrogen) atoms. The molecule has 0 amide bonds. The summed E-state index contributed by atoms with van der Waals surface area (Å²) in [6.45, 7) is -1.16. The van der Waals surface area contributed by atoms with Gasteiger partial charge in [0.25, 0.3) is 0 Å². The van der Waals surface area contributed by atoms with Crippen LogP contribution in [0.1, 0.15) is 5.56 Å². The van der Waals surface area contributed by atoms with Gasteiger partial charge in [-0.05, 0) is 43.8 Å². The van der Waals surface area contributed by atoms with Crippen LogP contribution in [0.25, 0.3) is 43.8 Å². The summed E-state index contributed by atoms with van der Waals surface area (Å²) >= 11 is 0. The molecule has 6 rings (SSSR count). The first-order chi connectivity index (χ1) is 20.3. The molecule has 0 aliphatic heterocycles. The number of benzene rings is 6. The lowest BCUT2D eigenvalue weighted by Crippen LogP contribution is -2.18. The van der Waals surface area contributed by atoms with Crippen LogP contribution in [0.15, 0.2) is 109 Å². The molecule has 0 radical (unpaired) electrons. The normalized spacial score (nSPS) is 10.9. The smallest absolute Gasteiger partial charge is 0.402 e. The van der Waals surface area contributed by atoms with Gasteiger partial charge in [-0.25, -0.2) is 22.0 Å². The van der Waals surface area contributed by atoms with Crippen molar-refractivity contribution in [3.63, 3.8) is 0 Å². The van der Waals surface area contributed by atoms with E-state index in [9.17, 15) is 22.0 Å². The topological polar surface area (TPSA) is 49.7 Å². The fourth-order valence-electron chi connectivity index (χ4n) is 4.90. The first kappa shape index (κ1) is 28.9. The Kier molecular flexibility index (Phi) is 8.63. The maximum atomic E-state index is 12.9. The molecule has 0 bridgehead atoms. The van der Waals surface area contributed by atoms with Crippen LogP contribution in [0.3, 0.4) is 0 Å². The van der Waals surface area contributed by atoms with E-state index in [0.717, 1.165) is 0 Å². The van der Waals surface area contributed by atoms with Gasteiger partial charge in [0.05, 0.1) is 12.2 Å². The molecule has 0 heterocycles. The molecule has 210 valence electrons. The molecular formula is C33H22BF5O3. The van der Waals surface area contributed by atoms with E-state index in [1.165, 1.54) is 43.8 Å². The molecule has 0 spiro atoms. The summed E-state index contributed by atoms with van der Waals surface area (Å²) < 4.78 is 67.4. The van der Waals surface area contributed by atoms with Crippen LogP contribution in [-0.4, -0.2) is 17.4 Å². The molecule has 0 fully saturated rings. The van der Waals surface area contributed by atoms with Gasteiger partial charge in [0, 0.05) is 0 Å². The molecule has 3 nitrogen and oxygen atoms in total. The average molecular weight is 572 g/mol. The number of hydrogen-bond acceptors (Lipinski definition) is 3. The standard InChI is InChI=1S/C26H18.C7H4BF5O3/c1-3-11-19(12-4-1)25-21-15-7-9-17-23(21)26(20-13-5-2-6-14-20)24-18-10-8-16-22(24)25;9-3-2(1-16-8(14)15)4(10)6(12)7(13)5(3)11/h1-18H;14-15H,1H2. The molecule has 9 heteroatoms. The highest BCUT2D eigenvalue weighted by molar-refractivity contribution is 6.32. The van der Waals surface area contributed by atoms with Crippen molar-refractivity contribution in [2.24, 2.45) is 0 Å². The van der Waals surface area contributed by atoms with Gasteiger partial charge >= 0.3 is 7.32 Å². The second kappa shape index (κ2) is 12.5. The molecule has 0 aliphatic rings. The van der Waals surface area contributed by atoms with Crippen molar-refractivity contribution in [1.29, 1.82) is 0 Å². The lowest BCUT2D eigenvalue weighted by molar-refractivity contribution is 0.170. The third-order valence-electron chi connectivity index (χ3n) is 6.73. The Hall–Kier alpha value is -4.57. The van der Waals surface area contributed by atoms with Crippen molar-refractivity contribution in [2.75, 3.05) is 0 Å². The summed E-state index contributed by atoms with van der Waals surface area (Å²) in [7, 11) is -2.38. The summed E-state index contributed by atoms with van der Waals surface area (Å²) in [5.41, 5.74) is 3.89. The molecule has 0 unspecified atom stereocenters. The predicted molar refractivity (Wildman–Crippen MR) is 154 cm³/mol. The van der Waals surface area contributed by atoms with Crippen LogP contribution >= 0.6 is 0 Å². The third-order valence-corrected chi connectivity index (χ3v) is 6.73. The van der Waals surface area contributed by atoms with E-state index in [4.69, 9.17) is 10.0 Å². The van der Waals surface area contributed by atoms with Gasteiger partial charge in [0.1, 0.15) is 0 Å². The second-order valence-electron chi connectivity index (χ2n) is 9.26. The monoisotopic (exact) mass is 572 g/mol.